The van der Waals surface area contributed by atoms with Crippen LogP contribution in [0.2, 0.25) is 0 Å². The molecule has 0 saturated heterocycles. The molecular weight excluding hydrogens is 209 g/mol. The summed E-state index contributed by atoms with van der Waals surface area (Å²) in [6.07, 6.45) is 0.678. The quantitative estimate of drug-likeness (QED) is 0.803. The highest BCUT2D eigenvalue weighted by Gasteiger charge is 2.13. The average molecular weight is 225 g/mol. The first-order valence-electron chi connectivity index (χ1n) is 5.22. The highest BCUT2D eigenvalue weighted by atomic mass is 19.1. The third-order valence-corrected chi connectivity index (χ3v) is 2.36. The van der Waals surface area contributed by atoms with Gasteiger partial charge in [-0.1, -0.05) is 12.1 Å². The van der Waals surface area contributed by atoms with Gasteiger partial charge < -0.3 is 10.4 Å². The van der Waals surface area contributed by atoms with Crippen molar-refractivity contribution in [2.75, 3.05) is 0 Å². The SMILES string of the molecule is CC(Cc1ccc(F)cc1)NC(C)C(=O)O. The molecule has 4 heteroatoms. The molecule has 0 aliphatic rings. The lowest BCUT2D eigenvalue weighted by molar-refractivity contribution is -0.139. The number of carboxylic acids is 1. The predicted molar refractivity (Wildman–Crippen MR) is 59.8 cm³/mol. The fourth-order valence-electron chi connectivity index (χ4n) is 1.53. The minimum Gasteiger partial charge on any atom is -0.480 e. The van der Waals surface area contributed by atoms with E-state index in [4.69, 9.17) is 5.11 Å². The van der Waals surface area contributed by atoms with E-state index in [0.717, 1.165) is 5.56 Å². The zero-order chi connectivity index (χ0) is 12.1. The first kappa shape index (κ1) is 12.6. The molecule has 88 valence electrons. The second kappa shape index (κ2) is 5.61. The van der Waals surface area contributed by atoms with Crippen LogP contribution < -0.4 is 5.32 Å². The van der Waals surface area contributed by atoms with Gasteiger partial charge in [0.25, 0.3) is 0 Å². The van der Waals surface area contributed by atoms with Gasteiger partial charge in [0.2, 0.25) is 0 Å². The van der Waals surface area contributed by atoms with Crippen molar-refractivity contribution in [1.29, 1.82) is 0 Å². The molecule has 0 aromatic heterocycles. The van der Waals surface area contributed by atoms with Gasteiger partial charge in [-0.2, -0.15) is 0 Å². The van der Waals surface area contributed by atoms with E-state index in [1.54, 1.807) is 19.1 Å². The Kier molecular flexibility index (Phi) is 4.43. The maximum absolute atomic E-state index is 12.6. The van der Waals surface area contributed by atoms with Gasteiger partial charge in [-0.05, 0) is 38.0 Å². The summed E-state index contributed by atoms with van der Waals surface area (Å²) in [5.41, 5.74) is 0.985. The Morgan fingerprint density at radius 2 is 1.94 bits per heavy atom. The van der Waals surface area contributed by atoms with Gasteiger partial charge in [0.1, 0.15) is 11.9 Å². The molecule has 1 rings (SSSR count). The van der Waals surface area contributed by atoms with Crippen molar-refractivity contribution in [3.8, 4) is 0 Å². The minimum atomic E-state index is -0.869. The molecule has 0 amide bonds. The first-order chi connectivity index (χ1) is 7.49. The third-order valence-electron chi connectivity index (χ3n) is 2.36. The Bertz CT molecular complexity index is 351. The fraction of sp³-hybridized carbons (Fsp3) is 0.417. The van der Waals surface area contributed by atoms with Crippen LogP contribution >= 0.6 is 0 Å². The molecule has 0 bridgehead atoms. The number of halogens is 1. The second-order valence-corrected chi connectivity index (χ2v) is 3.96. The van der Waals surface area contributed by atoms with Crippen molar-refractivity contribution in [3.05, 3.63) is 35.6 Å². The molecular formula is C12H16FNO2. The highest BCUT2D eigenvalue weighted by molar-refractivity contribution is 5.72. The number of aliphatic carboxylic acids is 1. The van der Waals surface area contributed by atoms with Crippen LogP contribution in [0.25, 0.3) is 0 Å². The highest BCUT2D eigenvalue weighted by Crippen LogP contribution is 2.06. The Hall–Kier alpha value is -1.42. The Morgan fingerprint density at radius 1 is 1.38 bits per heavy atom. The monoisotopic (exact) mass is 225 g/mol. The van der Waals surface area contributed by atoms with E-state index >= 15 is 0 Å². The molecule has 16 heavy (non-hydrogen) atoms. The molecule has 0 spiro atoms. The summed E-state index contributed by atoms with van der Waals surface area (Å²) in [6, 6.07) is 5.69. The third kappa shape index (κ3) is 3.98. The zero-order valence-electron chi connectivity index (χ0n) is 9.40. The summed E-state index contributed by atoms with van der Waals surface area (Å²) in [4.78, 5) is 10.6. The molecule has 0 aliphatic carbocycles. The molecule has 0 heterocycles. The molecule has 0 aliphatic heterocycles. The van der Waals surface area contributed by atoms with Crippen LogP contribution in [-0.2, 0) is 11.2 Å². The van der Waals surface area contributed by atoms with Gasteiger partial charge in [-0.15, -0.1) is 0 Å². The van der Waals surface area contributed by atoms with Crippen LogP contribution in [0, 0.1) is 5.82 Å². The van der Waals surface area contributed by atoms with Crippen LogP contribution in [0.15, 0.2) is 24.3 Å². The molecule has 1 aromatic carbocycles. The molecule has 2 unspecified atom stereocenters. The Morgan fingerprint density at radius 3 is 2.44 bits per heavy atom. The summed E-state index contributed by atoms with van der Waals surface area (Å²) in [6.45, 7) is 3.51. The van der Waals surface area contributed by atoms with Crippen LogP contribution in [0.4, 0.5) is 4.39 Å². The smallest absolute Gasteiger partial charge is 0.320 e. The lowest BCUT2D eigenvalue weighted by Gasteiger charge is -2.16. The average Bonchev–Trinajstić information content (AvgIpc) is 2.21. The summed E-state index contributed by atoms with van der Waals surface area (Å²) in [7, 11) is 0. The van der Waals surface area contributed by atoms with Gasteiger partial charge in [0.05, 0.1) is 0 Å². The number of benzene rings is 1. The van der Waals surface area contributed by atoms with E-state index in [-0.39, 0.29) is 11.9 Å². The molecule has 0 fully saturated rings. The van der Waals surface area contributed by atoms with E-state index in [1.165, 1.54) is 12.1 Å². The van der Waals surface area contributed by atoms with Gasteiger partial charge in [-0.25, -0.2) is 4.39 Å². The minimum absolute atomic E-state index is 0.0385. The van der Waals surface area contributed by atoms with Crippen molar-refractivity contribution in [1.82, 2.24) is 5.32 Å². The molecule has 2 atom stereocenters. The van der Waals surface area contributed by atoms with Crippen molar-refractivity contribution in [2.24, 2.45) is 0 Å². The van der Waals surface area contributed by atoms with E-state index in [0.29, 0.717) is 6.42 Å². The standard InChI is InChI=1S/C12H16FNO2/c1-8(14-9(2)12(15)16)7-10-3-5-11(13)6-4-10/h3-6,8-9,14H,7H2,1-2H3,(H,15,16). The van der Waals surface area contributed by atoms with Crippen LogP contribution in [0.3, 0.4) is 0 Å². The first-order valence-corrected chi connectivity index (χ1v) is 5.22. The maximum atomic E-state index is 12.6. The van der Waals surface area contributed by atoms with Gasteiger partial charge in [0.15, 0.2) is 0 Å². The number of rotatable bonds is 5. The lowest BCUT2D eigenvalue weighted by Crippen LogP contribution is -2.40. The van der Waals surface area contributed by atoms with E-state index in [9.17, 15) is 9.18 Å². The molecule has 0 saturated carbocycles. The summed E-state index contributed by atoms with van der Waals surface area (Å²) in [5.74, 6) is -1.13. The van der Waals surface area contributed by atoms with Crippen molar-refractivity contribution >= 4 is 5.97 Å². The van der Waals surface area contributed by atoms with Crippen molar-refractivity contribution < 1.29 is 14.3 Å². The Labute approximate surface area is 94.3 Å². The van der Waals surface area contributed by atoms with E-state index in [2.05, 4.69) is 5.32 Å². The van der Waals surface area contributed by atoms with Crippen LogP contribution in [-0.4, -0.2) is 23.2 Å². The van der Waals surface area contributed by atoms with Gasteiger partial charge in [-0.3, -0.25) is 4.79 Å². The van der Waals surface area contributed by atoms with Gasteiger partial charge >= 0.3 is 5.97 Å². The largest absolute Gasteiger partial charge is 0.480 e. The molecule has 1 aromatic rings. The predicted octanol–water partition coefficient (Wildman–Crippen LogP) is 1.82. The normalized spacial score (nSPS) is 14.4. The number of hydrogen-bond acceptors (Lipinski definition) is 2. The van der Waals surface area contributed by atoms with Crippen LogP contribution in [0.1, 0.15) is 19.4 Å². The van der Waals surface area contributed by atoms with Crippen molar-refractivity contribution in [3.63, 3.8) is 0 Å². The molecule has 0 radical (unpaired) electrons. The summed E-state index contributed by atoms with van der Waals surface area (Å²) >= 11 is 0. The van der Waals surface area contributed by atoms with Crippen molar-refractivity contribution in [2.45, 2.75) is 32.4 Å². The summed E-state index contributed by atoms with van der Waals surface area (Å²) < 4.78 is 12.6. The maximum Gasteiger partial charge on any atom is 0.320 e. The number of carboxylic acid groups (broad SMARTS) is 1. The van der Waals surface area contributed by atoms with E-state index < -0.39 is 12.0 Å². The van der Waals surface area contributed by atoms with E-state index in [1.807, 2.05) is 6.92 Å². The molecule has 2 N–H and O–H groups in total. The topological polar surface area (TPSA) is 49.3 Å². The summed E-state index contributed by atoms with van der Waals surface area (Å²) in [5, 5.41) is 11.7. The lowest BCUT2D eigenvalue weighted by atomic mass is 10.1. The number of nitrogens with one attached hydrogen (secondary N) is 1. The van der Waals surface area contributed by atoms with Crippen LogP contribution in [0.5, 0.6) is 0 Å². The Balaban J connectivity index is 2.48. The number of carbonyl (C=O) groups is 1. The fourth-order valence-corrected chi connectivity index (χ4v) is 1.53. The second-order valence-electron chi connectivity index (χ2n) is 3.96. The molecule has 3 nitrogen and oxygen atoms in total. The van der Waals surface area contributed by atoms with Gasteiger partial charge in [0, 0.05) is 6.04 Å². The zero-order valence-corrected chi connectivity index (χ0v) is 9.40. The number of hydrogen-bond donors (Lipinski definition) is 2.